The molecule has 3 heterocycles. The zero-order chi connectivity index (χ0) is 23.0. The van der Waals surface area contributed by atoms with Crippen molar-refractivity contribution in [3.05, 3.63) is 47.3 Å². The number of carbonyl (C=O) groups excluding carboxylic acids is 2. The van der Waals surface area contributed by atoms with E-state index in [-0.39, 0.29) is 12.5 Å². The van der Waals surface area contributed by atoms with E-state index in [9.17, 15) is 9.59 Å². The first-order valence-electron chi connectivity index (χ1n) is 10.3. The summed E-state index contributed by atoms with van der Waals surface area (Å²) in [5, 5.41) is 4.53. The second kappa shape index (κ2) is 8.54. The van der Waals surface area contributed by atoms with Crippen molar-refractivity contribution in [1.82, 2.24) is 19.6 Å². The number of likely N-dealkylation sites (N-methyl/N-ethyl adjacent to an activating group) is 1. The van der Waals surface area contributed by atoms with Crippen LogP contribution < -0.4 is 4.74 Å². The number of fused-ring (bicyclic) bond motifs is 1. The number of aliphatic imine (C=N–C) groups is 1. The maximum Gasteiger partial charge on any atom is 0.421 e. The van der Waals surface area contributed by atoms with E-state index in [4.69, 9.17) is 9.47 Å². The van der Waals surface area contributed by atoms with Gasteiger partial charge >= 0.3 is 12.0 Å². The zero-order valence-electron chi connectivity index (χ0n) is 18.9. The molecule has 168 valence electrons. The molecule has 0 N–H and O–H groups in total. The fourth-order valence-corrected chi connectivity index (χ4v) is 3.98. The van der Waals surface area contributed by atoms with Crippen LogP contribution in [0.25, 0.3) is 0 Å². The van der Waals surface area contributed by atoms with E-state index >= 15 is 0 Å². The minimum atomic E-state index is -0.731. The number of benzene rings is 1. The Morgan fingerprint density at radius 3 is 2.44 bits per heavy atom. The first-order valence-corrected chi connectivity index (χ1v) is 10.3. The maximum absolute atomic E-state index is 13.6. The van der Waals surface area contributed by atoms with Crippen molar-refractivity contribution in [2.45, 2.75) is 26.4 Å². The highest BCUT2D eigenvalue weighted by Gasteiger charge is 2.53. The van der Waals surface area contributed by atoms with Gasteiger partial charge in [-0.3, -0.25) is 14.6 Å². The van der Waals surface area contributed by atoms with Crippen molar-refractivity contribution in [3.8, 4) is 5.75 Å². The van der Waals surface area contributed by atoms with Crippen LogP contribution in [0, 0.1) is 13.8 Å². The molecule has 1 atom stereocenters. The average molecular weight is 439 g/mol. The van der Waals surface area contributed by atoms with Crippen molar-refractivity contribution in [3.63, 3.8) is 0 Å². The summed E-state index contributed by atoms with van der Waals surface area (Å²) in [4.78, 5) is 34.0. The van der Waals surface area contributed by atoms with Crippen molar-refractivity contribution in [1.29, 1.82) is 0 Å². The Hall–Kier alpha value is -3.53. The molecule has 2 aliphatic rings. The van der Waals surface area contributed by atoms with Crippen LogP contribution in [0.1, 0.15) is 17.0 Å². The van der Waals surface area contributed by atoms with Crippen molar-refractivity contribution in [2.24, 2.45) is 4.99 Å². The van der Waals surface area contributed by atoms with E-state index < -0.39 is 12.1 Å². The van der Waals surface area contributed by atoms with Gasteiger partial charge in [-0.15, -0.1) is 9.78 Å². The van der Waals surface area contributed by atoms with Gasteiger partial charge < -0.3 is 9.47 Å². The Morgan fingerprint density at radius 2 is 1.84 bits per heavy atom. The molecule has 0 aliphatic carbocycles. The van der Waals surface area contributed by atoms with Gasteiger partial charge in [-0.25, -0.2) is 9.37 Å². The average Bonchev–Trinajstić information content (AvgIpc) is 3.33. The molecule has 0 bridgehead atoms. The second-order valence-electron chi connectivity index (χ2n) is 7.81. The number of methoxy groups -OCH3 is 2. The molecule has 0 radical (unpaired) electrons. The SMILES string of the molecule is COCC[N+]1=C(n2nc(C)cc2C)N=C2C1C(=O)N(Cc1ccc(OC)cc1)C(=O)N2C. The number of urea groups is 1. The molecule has 2 aliphatic heterocycles. The zero-order valence-corrected chi connectivity index (χ0v) is 18.9. The van der Waals surface area contributed by atoms with Gasteiger partial charge in [-0.2, -0.15) is 0 Å². The van der Waals surface area contributed by atoms with E-state index in [0.29, 0.717) is 30.7 Å². The van der Waals surface area contributed by atoms with E-state index in [1.807, 2.05) is 36.6 Å². The minimum absolute atomic E-state index is 0.156. The molecule has 3 amide bonds. The highest BCUT2D eigenvalue weighted by molar-refractivity contribution is 6.22. The number of rotatable bonds is 6. The van der Waals surface area contributed by atoms with E-state index in [0.717, 1.165) is 17.0 Å². The molecule has 1 unspecified atom stereocenters. The molecule has 32 heavy (non-hydrogen) atoms. The molecule has 10 heteroatoms. The molecule has 1 fully saturated rings. The lowest BCUT2D eigenvalue weighted by molar-refractivity contribution is -0.539. The molecule has 10 nitrogen and oxygen atoms in total. The summed E-state index contributed by atoms with van der Waals surface area (Å²) in [5.74, 6) is 1.29. The van der Waals surface area contributed by atoms with Gasteiger partial charge in [0.2, 0.25) is 11.9 Å². The lowest BCUT2D eigenvalue weighted by Crippen LogP contribution is -2.62. The number of carbonyl (C=O) groups is 2. The standard InChI is InChI=1S/C22H27N6O4/c1-14-12-15(2)28(24-14)21-23-19-18(26(21)10-11-31-4)20(29)27(22(30)25(19)3)13-16-6-8-17(32-5)9-7-16/h6-9,12,18H,10-11,13H2,1-5H3/q+1. The molecular formula is C22H27N6O4+. The quantitative estimate of drug-likeness (QED) is 0.632. The van der Waals surface area contributed by atoms with Crippen LogP contribution in [0.4, 0.5) is 4.79 Å². The summed E-state index contributed by atoms with van der Waals surface area (Å²) in [6.45, 7) is 4.80. The molecule has 2 aromatic rings. The molecule has 1 aromatic carbocycles. The molecule has 1 saturated heterocycles. The third-order valence-electron chi connectivity index (χ3n) is 5.62. The molecule has 4 rings (SSSR count). The number of aryl methyl sites for hydroxylation is 2. The van der Waals surface area contributed by atoms with Gasteiger partial charge in [-0.1, -0.05) is 17.1 Å². The number of amidine groups is 1. The predicted octanol–water partition coefficient (Wildman–Crippen LogP) is 1.25. The fourth-order valence-electron chi connectivity index (χ4n) is 3.98. The highest BCUT2D eigenvalue weighted by atomic mass is 16.5. The lowest BCUT2D eigenvalue weighted by Gasteiger charge is -2.34. The predicted molar refractivity (Wildman–Crippen MR) is 117 cm³/mol. The number of aromatic nitrogens is 2. The highest BCUT2D eigenvalue weighted by Crippen LogP contribution is 2.23. The van der Waals surface area contributed by atoms with Crippen LogP contribution >= 0.6 is 0 Å². The number of amides is 3. The Morgan fingerprint density at radius 1 is 1.12 bits per heavy atom. The van der Waals surface area contributed by atoms with Gasteiger partial charge in [-0.05, 0) is 37.6 Å². The van der Waals surface area contributed by atoms with Gasteiger partial charge in [0.1, 0.15) is 11.4 Å². The van der Waals surface area contributed by atoms with E-state index in [2.05, 4.69) is 10.1 Å². The normalized spacial score (nSPS) is 18.4. The van der Waals surface area contributed by atoms with Gasteiger partial charge in [0, 0.05) is 14.2 Å². The molecule has 0 spiro atoms. The Bertz CT molecular complexity index is 1120. The van der Waals surface area contributed by atoms with Crippen LogP contribution in [-0.4, -0.2) is 88.4 Å². The number of hydrogen-bond acceptors (Lipinski definition) is 6. The lowest BCUT2D eigenvalue weighted by atomic mass is 10.1. The summed E-state index contributed by atoms with van der Waals surface area (Å²) in [6.07, 6.45) is 0. The molecule has 0 saturated carbocycles. The Kier molecular flexibility index (Phi) is 5.79. The monoisotopic (exact) mass is 439 g/mol. The molecule has 1 aromatic heterocycles. The van der Waals surface area contributed by atoms with E-state index in [1.54, 1.807) is 38.1 Å². The van der Waals surface area contributed by atoms with Gasteiger partial charge in [0.05, 0.1) is 32.5 Å². The topological polar surface area (TPSA) is 92.3 Å². The van der Waals surface area contributed by atoms with Crippen molar-refractivity contribution in [2.75, 3.05) is 34.4 Å². The van der Waals surface area contributed by atoms with Crippen LogP contribution in [0.15, 0.2) is 35.3 Å². The largest absolute Gasteiger partial charge is 0.497 e. The van der Waals surface area contributed by atoms with Crippen LogP contribution in [0.3, 0.4) is 0 Å². The third kappa shape index (κ3) is 3.66. The molecular weight excluding hydrogens is 412 g/mol. The summed E-state index contributed by atoms with van der Waals surface area (Å²) in [6, 6.07) is 8.09. The summed E-state index contributed by atoms with van der Waals surface area (Å²) < 4.78 is 14.0. The van der Waals surface area contributed by atoms with Crippen molar-refractivity contribution < 1.29 is 23.6 Å². The summed E-state index contributed by atoms with van der Waals surface area (Å²) in [7, 11) is 4.84. The van der Waals surface area contributed by atoms with Gasteiger partial charge in [0.15, 0.2) is 0 Å². The van der Waals surface area contributed by atoms with Crippen LogP contribution in [0.2, 0.25) is 0 Å². The first-order chi connectivity index (χ1) is 15.3. The Balaban J connectivity index is 1.72. The van der Waals surface area contributed by atoms with Crippen LogP contribution in [0.5, 0.6) is 5.75 Å². The minimum Gasteiger partial charge on any atom is -0.497 e. The summed E-state index contributed by atoms with van der Waals surface area (Å²) >= 11 is 0. The number of ether oxygens (including phenoxy) is 2. The number of imide groups is 1. The number of nitrogens with zero attached hydrogens (tertiary/aromatic N) is 6. The van der Waals surface area contributed by atoms with E-state index in [1.165, 1.54) is 9.80 Å². The maximum atomic E-state index is 13.6. The Labute approximate surface area is 186 Å². The first kappa shape index (κ1) is 21.7. The summed E-state index contributed by atoms with van der Waals surface area (Å²) in [5.41, 5.74) is 2.55. The van der Waals surface area contributed by atoms with Crippen molar-refractivity contribution >= 4 is 23.7 Å². The third-order valence-corrected chi connectivity index (χ3v) is 5.62. The fraction of sp³-hybridized carbons (Fsp3) is 0.409. The second-order valence-corrected chi connectivity index (χ2v) is 7.81. The van der Waals surface area contributed by atoms with Gasteiger partial charge in [0.25, 0.3) is 5.91 Å². The van der Waals surface area contributed by atoms with Crippen LogP contribution in [-0.2, 0) is 16.1 Å². The number of hydrogen-bond donors (Lipinski definition) is 0. The smallest absolute Gasteiger partial charge is 0.421 e.